The molecule has 0 saturated heterocycles. The molecule has 1 heterocycles. The molecule has 0 bridgehead atoms. The third kappa shape index (κ3) is 6.21. The lowest BCUT2D eigenvalue weighted by Gasteiger charge is -2.25. The van der Waals surface area contributed by atoms with Crippen LogP contribution in [-0.2, 0) is 15.4 Å². The van der Waals surface area contributed by atoms with Crippen LogP contribution in [0.2, 0.25) is 0 Å². The molecule has 2 aromatic carbocycles. The number of anilines is 1. The number of hydrogen-bond donors (Lipinski definition) is 2. The van der Waals surface area contributed by atoms with Gasteiger partial charge in [-0.15, -0.1) is 0 Å². The molecule has 3 rings (SSSR count). The summed E-state index contributed by atoms with van der Waals surface area (Å²) < 4.78 is 38.1. The van der Waals surface area contributed by atoms with Crippen LogP contribution in [0.1, 0.15) is 37.5 Å². The van der Waals surface area contributed by atoms with E-state index in [0.29, 0.717) is 34.0 Å². The molecule has 2 N–H and O–H groups in total. The zero-order valence-corrected chi connectivity index (χ0v) is 21.3. The second kappa shape index (κ2) is 9.83. The van der Waals surface area contributed by atoms with E-state index < -0.39 is 21.3 Å². The van der Waals surface area contributed by atoms with Gasteiger partial charge in [-0.25, -0.2) is 13.2 Å². The Morgan fingerprint density at radius 3 is 2.23 bits per heavy atom. The van der Waals surface area contributed by atoms with Crippen molar-refractivity contribution in [3.8, 4) is 17.2 Å². The third-order valence-corrected chi connectivity index (χ3v) is 5.80. The number of aromatic nitrogens is 2. The standard InChI is InChI=1S/C25H29N3O6S/c1-25(2,3)20-15-19(28-12-11-22(29)26-24(28)30)13-17(23(20)34-5)8-7-16-9-10-18(14-21(16)33-4)27-35(6,31)32/h7-15,27H,1-6H3,(H,26,29,30). The van der Waals surface area contributed by atoms with E-state index in [9.17, 15) is 18.0 Å². The minimum Gasteiger partial charge on any atom is -0.496 e. The molecule has 10 heteroatoms. The first-order valence-electron chi connectivity index (χ1n) is 10.7. The second-order valence-electron chi connectivity index (χ2n) is 9.01. The molecule has 0 aliphatic carbocycles. The highest BCUT2D eigenvalue weighted by Crippen LogP contribution is 2.37. The number of rotatable bonds is 7. The zero-order chi connectivity index (χ0) is 26.0. The molecule has 35 heavy (non-hydrogen) atoms. The van der Waals surface area contributed by atoms with Crippen LogP contribution in [0.5, 0.6) is 11.5 Å². The molecule has 0 atom stereocenters. The summed E-state index contributed by atoms with van der Waals surface area (Å²) in [4.78, 5) is 26.3. The molecule has 3 aromatic rings. The van der Waals surface area contributed by atoms with Gasteiger partial charge in [0.25, 0.3) is 5.56 Å². The summed E-state index contributed by atoms with van der Waals surface area (Å²) in [6.45, 7) is 6.11. The summed E-state index contributed by atoms with van der Waals surface area (Å²) in [6.07, 6.45) is 6.15. The molecule has 1 aromatic heterocycles. The van der Waals surface area contributed by atoms with Gasteiger partial charge in [0, 0.05) is 35.0 Å². The van der Waals surface area contributed by atoms with E-state index >= 15 is 0 Å². The lowest BCUT2D eigenvalue weighted by molar-refractivity contribution is 0.396. The number of nitrogens with zero attached hydrogens (tertiary/aromatic N) is 1. The van der Waals surface area contributed by atoms with Gasteiger partial charge in [0.15, 0.2) is 0 Å². The third-order valence-electron chi connectivity index (χ3n) is 5.20. The Morgan fingerprint density at radius 1 is 0.971 bits per heavy atom. The predicted octanol–water partition coefficient (Wildman–Crippen LogP) is 3.38. The van der Waals surface area contributed by atoms with E-state index in [-0.39, 0.29) is 5.41 Å². The van der Waals surface area contributed by atoms with Crippen LogP contribution in [0.4, 0.5) is 5.69 Å². The van der Waals surface area contributed by atoms with Gasteiger partial charge in [-0.1, -0.05) is 32.9 Å². The molecule has 186 valence electrons. The molecular weight excluding hydrogens is 470 g/mol. The molecule has 0 aliphatic rings. The second-order valence-corrected chi connectivity index (χ2v) is 10.8. The van der Waals surface area contributed by atoms with Crippen molar-refractivity contribution in [1.82, 2.24) is 9.55 Å². The monoisotopic (exact) mass is 499 g/mol. The molecule has 0 radical (unpaired) electrons. The van der Waals surface area contributed by atoms with E-state index in [1.54, 1.807) is 31.4 Å². The normalized spacial score (nSPS) is 12.1. The first kappa shape index (κ1) is 25.8. The molecule has 0 amide bonds. The SMILES string of the molecule is COc1cc(NS(C)(=O)=O)ccc1C=Cc1cc(-n2ccc(=O)[nH]c2=O)cc(C(C)(C)C)c1OC. The van der Waals surface area contributed by atoms with Crippen molar-refractivity contribution in [3.05, 3.63) is 80.1 Å². The number of hydrogen-bond acceptors (Lipinski definition) is 6. The Labute approximate surface area is 204 Å². The molecule has 0 fully saturated rings. The van der Waals surface area contributed by atoms with Gasteiger partial charge >= 0.3 is 5.69 Å². The van der Waals surface area contributed by atoms with Gasteiger partial charge in [0.2, 0.25) is 10.0 Å². The maximum atomic E-state index is 12.5. The maximum Gasteiger partial charge on any atom is 0.332 e. The molecule has 0 saturated carbocycles. The summed E-state index contributed by atoms with van der Waals surface area (Å²) in [7, 11) is -0.344. The van der Waals surface area contributed by atoms with E-state index in [1.807, 2.05) is 39.0 Å². The highest BCUT2D eigenvalue weighted by molar-refractivity contribution is 7.92. The highest BCUT2D eigenvalue weighted by Gasteiger charge is 2.22. The van der Waals surface area contributed by atoms with Gasteiger partial charge < -0.3 is 9.47 Å². The Hall–Kier alpha value is -3.79. The number of ether oxygens (including phenoxy) is 2. The minimum absolute atomic E-state index is 0.313. The highest BCUT2D eigenvalue weighted by atomic mass is 32.2. The van der Waals surface area contributed by atoms with Crippen LogP contribution in [0.15, 0.2) is 52.2 Å². The molecule has 9 nitrogen and oxygen atoms in total. The van der Waals surface area contributed by atoms with Crippen molar-refractivity contribution in [3.63, 3.8) is 0 Å². The quantitative estimate of drug-likeness (QED) is 0.481. The lowest BCUT2D eigenvalue weighted by atomic mass is 9.84. The van der Waals surface area contributed by atoms with Gasteiger partial charge in [-0.2, -0.15) is 0 Å². The summed E-state index contributed by atoms with van der Waals surface area (Å²) in [6, 6.07) is 9.90. The number of benzene rings is 2. The molecule has 0 spiro atoms. The van der Waals surface area contributed by atoms with Crippen LogP contribution < -0.4 is 25.4 Å². The Bertz CT molecular complexity index is 1490. The van der Waals surface area contributed by atoms with Gasteiger partial charge in [0.05, 0.1) is 31.9 Å². The van der Waals surface area contributed by atoms with Gasteiger partial charge in [0.1, 0.15) is 11.5 Å². The molecule has 0 unspecified atom stereocenters. The van der Waals surface area contributed by atoms with Crippen LogP contribution in [-0.4, -0.2) is 38.4 Å². The Morgan fingerprint density at radius 2 is 1.66 bits per heavy atom. The fourth-order valence-corrected chi connectivity index (χ4v) is 4.16. The Kier molecular flexibility index (Phi) is 7.25. The van der Waals surface area contributed by atoms with Crippen molar-refractivity contribution in [2.45, 2.75) is 26.2 Å². The van der Waals surface area contributed by atoms with Crippen LogP contribution in [0.3, 0.4) is 0 Å². The average Bonchev–Trinajstić information content (AvgIpc) is 2.75. The smallest absolute Gasteiger partial charge is 0.332 e. The van der Waals surface area contributed by atoms with Gasteiger partial charge in [-0.3, -0.25) is 19.1 Å². The largest absolute Gasteiger partial charge is 0.496 e. The fourth-order valence-electron chi connectivity index (χ4n) is 3.61. The lowest BCUT2D eigenvalue weighted by Crippen LogP contribution is -2.28. The fraction of sp³-hybridized carbons (Fsp3) is 0.280. The summed E-state index contributed by atoms with van der Waals surface area (Å²) >= 11 is 0. The average molecular weight is 500 g/mol. The number of aromatic amines is 1. The van der Waals surface area contributed by atoms with Gasteiger partial charge in [-0.05, 0) is 29.7 Å². The van der Waals surface area contributed by atoms with E-state index in [4.69, 9.17) is 9.47 Å². The summed E-state index contributed by atoms with van der Waals surface area (Å²) in [5.41, 5.74) is 1.89. The minimum atomic E-state index is -3.43. The number of methoxy groups -OCH3 is 2. The van der Waals surface area contributed by atoms with Crippen molar-refractivity contribution in [2.75, 3.05) is 25.2 Å². The molecular formula is C25H29N3O6S. The predicted molar refractivity (Wildman–Crippen MR) is 138 cm³/mol. The van der Waals surface area contributed by atoms with E-state index in [1.165, 1.54) is 23.9 Å². The first-order valence-corrected chi connectivity index (χ1v) is 12.6. The van der Waals surface area contributed by atoms with Crippen LogP contribution in [0.25, 0.3) is 17.8 Å². The van der Waals surface area contributed by atoms with Crippen molar-refractivity contribution < 1.29 is 17.9 Å². The summed E-state index contributed by atoms with van der Waals surface area (Å²) in [5, 5.41) is 0. The number of H-pyrrole nitrogens is 1. The van der Waals surface area contributed by atoms with E-state index in [0.717, 1.165) is 11.8 Å². The number of nitrogens with one attached hydrogen (secondary N) is 2. The summed E-state index contributed by atoms with van der Waals surface area (Å²) in [5.74, 6) is 1.11. The number of sulfonamides is 1. The van der Waals surface area contributed by atoms with Crippen molar-refractivity contribution in [1.29, 1.82) is 0 Å². The maximum absolute atomic E-state index is 12.5. The van der Waals surface area contributed by atoms with Crippen LogP contribution in [0, 0.1) is 0 Å². The zero-order valence-electron chi connectivity index (χ0n) is 20.5. The topological polar surface area (TPSA) is 119 Å². The van der Waals surface area contributed by atoms with E-state index in [2.05, 4.69) is 9.71 Å². The Balaban J connectivity index is 2.17. The van der Waals surface area contributed by atoms with Crippen molar-refractivity contribution in [2.24, 2.45) is 0 Å². The first-order chi connectivity index (χ1) is 16.3. The van der Waals surface area contributed by atoms with Crippen LogP contribution >= 0.6 is 0 Å². The van der Waals surface area contributed by atoms with Crippen molar-refractivity contribution >= 4 is 27.9 Å². The molecule has 0 aliphatic heterocycles.